The van der Waals surface area contributed by atoms with Crippen molar-refractivity contribution in [1.29, 1.82) is 0 Å². The number of hydrogen-bond acceptors (Lipinski definition) is 3. The molecule has 4 nitrogen and oxygen atoms in total. The van der Waals surface area contributed by atoms with Gasteiger partial charge in [-0.2, -0.15) is 0 Å². The Bertz CT molecular complexity index is 728. The molecule has 5 heteroatoms. The number of nitrogens with one attached hydrogen (secondary N) is 2. The minimum absolute atomic E-state index is 0.0314. The molecule has 0 saturated heterocycles. The molecule has 0 atom stereocenters. The Morgan fingerprint density at radius 2 is 1.67 bits per heavy atom. The van der Waals surface area contributed by atoms with Crippen LogP contribution in [0.15, 0.2) is 29.2 Å². The van der Waals surface area contributed by atoms with Crippen LogP contribution in [0.4, 0.5) is 0 Å². The lowest BCUT2D eigenvalue weighted by molar-refractivity contribution is -0.124. The standard InChI is InChI=1S/C25H36N2O2S/c1-2-3-4-7-10-26-24(29)21-8-5-6-9-22(21)30-17-23(28)27-25-14-18-11-19(15-25)13-20(12-18)16-25/h5-6,8-9,18-20H,2-4,7,10-17H2,1H3,(H,26,29)(H,27,28). The van der Waals surface area contributed by atoms with E-state index >= 15 is 0 Å². The second-order valence-corrected chi connectivity index (χ2v) is 10.9. The second kappa shape index (κ2) is 9.76. The predicted octanol–water partition coefficient (Wildman–Crippen LogP) is 5.17. The Hall–Kier alpha value is -1.49. The van der Waals surface area contributed by atoms with E-state index in [4.69, 9.17) is 0 Å². The Labute approximate surface area is 185 Å². The van der Waals surface area contributed by atoms with Crippen LogP contribution in [-0.4, -0.2) is 29.7 Å². The van der Waals surface area contributed by atoms with Crippen molar-refractivity contribution in [3.8, 4) is 0 Å². The Balaban J connectivity index is 1.29. The Kier molecular flexibility index (Phi) is 7.07. The van der Waals surface area contributed by atoms with Crippen molar-refractivity contribution in [2.24, 2.45) is 17.8 Å². The Morgan fingerprint density at radius 3 is 2.33 bits per heavy atom. The maximum absolute atomic E-state index is 12.8. The van der Waals surface area contributed by atoms with Gasteiger partial charge in [-0.3, -0.25) is 9.59 Å². The van der Waals surface area contributed by atoms with Gasteiger partial charge in [0.25, 0.3) is 5.91 Å². The van der Waals surface area contributed by atoms with Gasteiger partial charge >= 0.3 is 0 Å². The number of rotatable bonds is 10. The van der Waals surface area contributed by atoms with Crippen LogP contribution in [-0.2, 0) is 4.79 Å². The lowest BCUT2D eigenvalue weighted by Gasteiger charge is -2.56. The van der Waals surface area contributed by atoms with Crippen LogP contribution in [0, 0.1) is 17.8 Å². The first-order valence-corrected chi connectivity index (χ1v) is 12.9. The summed E-state index contributed by atoms with van der Waals surface area (Å²) >= 11 is 1.49. The molecule has 1 aromatic carbocycles. The first kappa shape index (κ1) is 21.7. The van der Waals surface area contributed by atoms with Gasteiger partial charge in [-0.05, 0) is 74.8 Å². The minimum Gasteiger partial charge on any atom is -0.352 e. The molecule has 0 heterocycles. The van der Waals surface area contributed by atoms with Crippen LogP contribution in [0.2, 0.25) is 0 Å². The van der Waals surface area contributed by atoms with Crippen molar-refractivity contribution in [2.75, 3.05) is 12.3 Å². The van der Waals surface area contributed by atoms with Gasteiger partial charge in [-0.1, -0.05) is 38.3 Å². The van der Waals surface area contributed by atoms with Gasteiger partial charge in [0.05, 0.1) is 11.3 Å². The quantitative estimate of drug-likeness (QED) is 0.399. The van der Waals surface area contributed by atoms with Crippen LogP contribution < -0.4 is 10.6 Å². The topological polar surface area (TPSA) is 58.2 Å². The van der Waals surface area contributed by atoms with Crippen LogP contribution >= 0.6 is 11.8 Å². The highest BCUT2D eigenvalue weighted by molar-refractivity contribution is 8.00. The highest BCUT2D eigenvalue weighted by Crippen LogP contribution is 2.55. The molecule has 4 fully saturated rings. The predicted molar refractivity (Wildman–Crippen MR) is 123 cm³/mol. The lowest BCUT2D eigenvalue weighted by atomic mass is 9.53. The number of carbonyl (C=O) groups excluding carboxylic acids is 2. The highest BCUT2D eigenvalue weighted by Gasteiger charge is 2.51. The van der Waals surface area contributed by atoms with Crippen molar-refractivity contribution in [2.45, 2.75) is 81.6 Å². The van der Waals surface area contributed by atoms with Crippen molar-refractivity contribution >= 4 is 23.6 Å². The second-order valence-electron chi connectivity index (χ2n) is 9.85. The third-order valence-corrected chi connectivity index (χ3v) is 8.32. The SMILES string of the molecule is CCCCCCNC(=O)c1ccccc1SCC(=O)NC12CC3CC(CC(C3)C1)C2. The molecule has 5 rings (SSSR count). The van der Waals surface area contributed by atoms with Gasteiger partial charge in [0.2, 0.25) is 5.91 Å². The first-order chi connectivity index (χ1) is 14.6. The normalized spacial score (nSPS) is 29.0. The van der Waals surface area contributed by atoms with Crippen molar-refractivity contribution in [1.82, 2.24) is 10.6 Å². The molecule has 0 spiro atoms. The first-order valence-electron chi connectivity index (χ1n) is 11.9. The maximum Gasteiger partial charge on any atom is 0.252 e. The number of benzene rings is 1. The molecule has 0 aromatic heterocycles. The molecular weight excluding hydrogens is 392 g/mol. The van der Waals surface area contributed by atoms with E-state index in [1.807, 2.05) is 24.3 Å². The van der Waals surface area contributed by atoms with E-state index in [0.29, 0.717) is 17.9 Å². The van der Waals surface area contributed by atoms with E-state index in [-0.39, 0.29) is 17.4 Å². The highest BCUT2D eigenvalue weighted by atomic mass is 32.2. The smallest absolute Gasteiger partial charge is 0.252 e. The summed E-state index contributed by atoms with van der Waals surface area (Å²) in [4.78, 5) is 26.3. The molecule has 164 valence electrons. The monoisotopic (exact) mass is 428 g/mol. The maximum atomic E-state index is 12.8. The summed E-state index contributed by atoms with van der Waals surface area (Å²) in [5.41, 5.74) is 0.738. The number of carbonyl (C=O) groups is 2. The average molecular weight is 429 g/mol. The van der Waals surface area contributed by atoms with Crippen molar-refractivity contribution < 1.29 is 9.59 Å². The minimum atomic E-state index is -0.0314. The molecule has 2 N–H and O–H groups in total. The molecule has 1 aromatic rings. The van der Waals surface area contributed by atoms with E-state index in [1.165, 1.54) is 63.1 Å². The molecule has 4 bridgehead atoms. The molecule has 4 aliphatic carbocycles. The fourth-order valence-corrected chi connectivity index (χ4v) is 7.22. The van der Waals surface area contributed by atoms with E-state index in [9.17, 15) is 9.59 Å². The van der Waals surface area contributed by atoms with Gasteiger partial charge in [0, 0.05) is 17.0 Å². The summed E-state index contributed by atoms with van der Waals surface area (Å²) in [5, 5.41) is 6.47. The number of unbranched alkanes of at least 4 members (excludes halogenated alkanes) is 3. The summed E-state index contributed by atoms with van der Waals surface area (Å²) in [7, 11) is 0. The van der Waals surface area contributed by atoms with E-state index in [1.54, 1.807) is 0 Å². The molecule has 0 aliphatic heterocycles. The average Bonchev–Trinajstić information content (AvgIpc) is 2.71. The summed E-state index contributed by atoms with van der Waals surface area (Å²) in [6.45, 7) is 2.90. The van der Waals surface area contributed by atoms with Gasteiger partial charge in [0.15, 0.2) is 0 Å². The molecular formula is C25H36N2O2S. The number of thioether (sulfide) groups is 1. The van der Waals surface area contributed by atoms with Crippen molar-refractivity contribution in [3.63, 3.8) is 0 Å². The molecule has 0 radical (unpaired) electrons. The number of amides is 2. The molecule has 4 saturated carbocycles. The van der Waals surface area contributed by atoms with E-state index < -0.39 is 0 Å². The fourth-order valence-electron chi connectivity index (χ4n) is 6.37. The fraction of sp³-hybridized carbons (Fsp3) is 0.680. The van der Waals surface area contributed by atoms with E-state index in [0.717, 1.165) is 35.5 Å². The zero-order valence-electron chi connectivity index (χ0n) is 18.3. The summed E-state index contributed by atoms with van der Waals surface area (Å²) < 4.78 is 0. The molecule has 30 heavy (non-hydrogen) atoms. The van der Waals surface area contributed by atoms with Crippen molar-refractivity contribution in [3.05, 3.63) is 29.8 Å². The van der Waals surface area contributed by atoms with Crippen LogP contribution in [0.25, 0.3) is 0 Å². The zero-order chi connectivity index (χ0) is 21.0. The Morgan fingerprint density at radius 1 is 1.00 bits per heavy atom. The van der Waals surface area contributed by atoms with Gasteiger partial charge < -0.3 is 10.6 Å². The lowest BCUT2D eigenvalue weighted by Crippen LogP contribution is -2.60. The van der Waals surface area contributed by atoms with Gasteiger partial charge in [-0.25, -0.2) is 0 Å². The zero-order valence-corrected chi connectivity index (χ0v) is 19.1. The molecule has 0 unspecified atom stereocenters. The molecule has 2 amide bonds. The van der Waals surface area contributed by atoms with Gasteiger partial charge in [0.1, 0.15) is 0 Å². The number of hydrogen-bond donors (Lipinski definition) is 2. The summed E-state index contributed by atoms with van der Waals surface area (Å²) in [5.74, 6) is 2.94. The third kappa shape index (κ3) is 5.22. The third-order valence-electron chi connectivity index (χ3n) is 7.25. The van der Waals surface area contributed by atoms with Crippen LogP contribution in [0.3, 0.4) is 0 Å². The van der Waals surface area contributed by atoms with Crippen LogP contribution in [0.5, 0.6) is 0 Å². The van der Waals surface area contributed by atoms with E-state index in [2.05, 4.69) is 17.6 Å². The van der Waals surface area contributed by atoms with Gasteiger partial charge in [-0.15, -0.1) is 11.8 Å². The molecule has 4 aliphatic rings. The summed E-state index contributed by atoms with van der Waals surface area (Å²) in [6, 6.07) is 7.65. The van der Waals surface area contributed by atoms with Crippen LogP contribution in [0.1, 0.15) is 81.5 Å². The summed E-state index contributed by atoms with van der Waals surface area (Å²) in [6.07, 6.45) is 12.2. The largest absolute Gasteiger partial charge is 0.352 e.